The van der Waals surface area contributed by atoms with Gasteiger partial charge < -0.3 is 4.90 Å². The van der Waals surface area contributed by atoms with Crippen LogP contribution in [0.25, 0.3) is 22.0 Å². The predicted octanol–water partition coefficient (Wildman–Crippen LogP) is 3.74. The molecule has 0 atom stereocenters. The van der Waals surface area contributed by atoms with Gasteiger partial charge in [0.1, 0.15) is 17.5 Å². The van der Waals surface area contributed by atoms with Crippen molar-refractivity contribution in [3.05, 3.63) is 65.3 Å². The number of benzene rings is 1. The first-order chi connectivity index (χ1) is 14.0. The van der Waals surface area contributed by atoms with Gasteiger partial charge in [0.15, 0.2) is 0 Å². The fourth-order valence-electron chi connectivity index (χ4n) is 4.08. The number of pyridine rings is 1. The number of nitrogens with zero attached hydrogens (tertiary/aromatic N) is 6. The van der Waals surface area contributed by atoms with Crippen LogP contribution in [-0.4, -0.2) is 31.3 Å². The van der Waals surface area contributed by atoms with Crippen molar-refractivity contribution in [3.63, 3.8) is 0 Å². The minimum atomic E-state index is -0.278. The average molecular weight is 388 g/mol. The summed E-state index contributed by atoms with van der Waals surface area (Å²) in [6, 6.07) is 6.87. The SMILES string of the molecule is Cc1nc(N2CCc3ncc(-c4cn(C)nc4C)cc3C2)c2cc(F)ccc2n1. The van der Waals surface area contributed by atoms with Crippen molar-refractivity contribution in [2.24, 2.45) is 7.05 Å². The third-order valence-corrected chi connectivity index (χ3v) is 5.41. The molecule has 6 nitrogen and oxygen atoms in total. The van der Waals surface area contributed by atoms with Crippen LogP contribution in [0.15, 0.2) is 36.7 Å². The highest BCUT2D eigenvalue weighted by atomic mass is 19.1. The predicted molar refractivity (Wildman–Crippen MR) is 110 cm³/mol. The van der Waals surface area contributed by atoms with Crippen LogP contribution in [0.5, 0.6) is 0 Å². The molecule has 3 aromatic heterocycles. The summed E-state index contributed by atoms with van der Waals surface area (Å²) < 4.78 is 15.7. The molecule has 29 heavy (non-hydrogen) atoms. The Balaban J connectivity index is 1.56. The van der Waals surface area contributed by atoms with Gasteiger partial charge in [0.25, 0.3) is 0 Å². The number of aryl methyl sites for hydroxylation is 3. The van der Waals surface area contributed by atoms with E-state index >= 15 is 0 Å². The number of anilines is 1. The lowest BCUT2D eigenvalue weighted by molar-refractivity contribution is 0.629. The maximum absolute atomic E-state index is 13.9. The Morgan fingerprint density at radius 1 is 1.10 bits per heavy atom. The largest absolute Gasteiger partial charge is 0.351 e. The third kappa shape index (κ3) is 3.12. The summed E-state index contributed by atoms with van der Waals surface area (Å²) >= 11 is 0. The number of aromatic nitrogens is 5. The first-order valence-corrected chi connectivity index (χ1v) is 9.65. The molecule has 1 aliphatic rings. The first-order valence-electron chi connectivity index (χ1n) is 9.65. The molecule has 0 amide bonds. The zero-order valence-corrected chi connectivity index (χ0v) is 16.6. The van der Waals surface area contributed by atoms with Crippen LogP contribution >= 0.6 is 0 Å². The number of rotatable bonds is 2. The molecule has 0 saturated heterocycles. The van der Waals surface area contributed by atoms with E-state index in [0.29, 0.717) is 12.4 Å². The Morgan fingerprint density at radius 2 is 1.97 bits per heavy atom. The molecule has 4 aromatic rings. The van der Waals surface area contributed by atoms with Gasteiger partial charge in [0, 0.05) is 61.2 Å². The molecule has 0 aliphatic carbocycles. The Hall–Kier alpha value is -3.35. The van der Waals surface area contributed by atoms with E-state index in [1.807, 2.05) is 38.0 Å². The quantitative estimate of drug-likeness (QED) is 0.524. The standard InChI is InChI=1S/C22H21FN6/c1-13-19(12-28(3)27-13)15-8-16-11-29(7-6-20(16)24-10-15)22-18-9-17(23)4-5-21(18)25-14(2)26-22/h4-5,8-10,12H,6-7,11H2,1-3H3. The Bertz CT molecular complexity index is 1250. The smallest absolute Gasteiger partial charge is 0.140 e. The Labute approximate surface area is 168 Å². The fraction of sp³-hybridized carbons (Fsp3) is 0.273. The van der Waals surface area contributed by atoms with E-state index in [4.69, 9.17) is 4.98 Å². The van der Waals surface area contributed by atoms with Crippen molar-refractivity contribution in [1.82, 2.24) is 24.7 Å². The fourth-order valence-corrected chi connectivity index (χ4v) is 4.08. The molecule has 0 fully saturated rings. The molecule has 0 unspecified atom stereocenters. The molecule has 0 spiro atoms. The van der Waals surface area contributed by atoms with Crippen LogP contribution in [0.4, 0.5) is 10.2 Å². The van der Waals surface area contributed by atoms with Gasteiger partial charge in [-0.1, -0.05) is 0 Å². The number of hydrogen-bond acceptors (Lipinski definition) is 5. The van der Waals surface area contributed by atoms with Crippen molar-refractivity contribution in [1.29, 1.82) is 0 Å². The summed E-state index contributed by atoms with van der Waals surface area (Å²) in [6.45, 7) is 5.34. The second kappa shape index (κ2) is 6.62. The van der Waals surface area contributed by atoms with E-state index in [-0.39, 0.29) is 5.82 Å². The van der Waals surface area contributed by atoms with Gasteiger partial charge in [0.05, 0.1) is 11.2 Å². The molecule has 1 aromatic carbocycles. The van der Waals surface area contributed by atoms with Gasteiger partial charge in [-0.3, -0.25) is 9.67 Å². The molecule has 5 rings (SSSR count). The van der Waals surface area contributed by atoms with Crippen molar-refractivity contribution in [2.45, 2.75) is 26.8 Å². The summed E-state index contributed by atoms with van der Waals surface area (Å²) in [5, 5.41) is 5.18. The molecule has 146 valence electrons. The van der Waals surface area contributed by atoms with Crippen LogP contribution in [0.1, 0.15) is 22.8 Å². The topological polar surface area (TPSA) is 59.7 Å². The van der Waals surface area contributed by atoms with E-state index < -0.39 is 0 Å². The zero-order chi connectivity index (χ0) is 20.1. The van der Waals surface area contributed by atoms with Gasteiger partial charge in [-0.2, -0.15) is 5.10 Å². The number of fused-ring (bicyclic) bond motifs is 2. The summed E-state index contributed by atoms with van der Waals surface area (Å²) in [5.41, 5.74) is 6.16. The van der Waals surface area contributed by atoms with E-state index in [1.165, 1.54) is 12.1 Å². The number of halogens is 1. The van der Waals surface area contributed by atoms with Gasteiger partial charge in [-0.25, -0.2) is 14.4 Å². The van der Waals surface area contributed by atoms with Crippen LogP contribution in [0.3, 0.4) is 0 Å². The normalized spacial score (nSPS) is 13.7. The van der Waals surface area contributed by atoms with Gasteiger partial charge in [0.2, 0.25) is 0 Å². The van der Waals surface area contributed by atoms with Crippen molar-refractivity contribution >= 4 is 16.7 Å². The summed E-state index contributed by atoms with van der Waals surface area (Å²) in [6.07, 6.45) is 4.77. The van der Waals surface area contributed by atoms with E-state index in [9.17, 15) is 4.39 Å². The summed E-state index contributed by atoms with van der Waals surface area (Å²) in [4.78, 5) is 16.0. The highest BCUT2D eigenvalue weighted by Gasteiger charge is 2.22. The molecule has 0 N–H and O–H groups in total. The summed E-state index contributed by atoms with van der Waals surface area (Å²) in [5.74, 6) is 1.18. The van der Waals surface area contributed by atoms with E-state index in [0.717, 1.165) is 57.8 Å². The molecule has 0 radical (unpaired) electrons. The lowest BCUT2D eigenvalue weighted by Crippen LogP contribution is -2.32. The first kappa shape index (κ1) is 17.7. The average Bonchev–Trinajstić information content (AvgIpc) is 3.05. The van der Waals surface area contributed by atoms with Crippen LogP contribution in [0.2, 0.25) is 0 Å². The van der Waals surface area contributed by atoms with Gasteiger partial charge >= 0.3 is 0 Å². The second-order valence-corrected chi connectivity index (χ2v) is 7.56. The molecule has 7 heteroatoms. The van der Waals surface area contributed by atoms with Crippen molar-refractivity contribution in [3.8, 4) is 11.1 Å². The van der Waals surface area contributed by atoms with Crippen molar-refractivity contribution in [2.75, 3.05) is 11.4 Å². The van der Waals surface area contributed by atoms with Crippen LogP contribution in [0, 0.1) is 19.7 Å². The van der Waals surface area contributed by atoms with Gasteiger partial charge in [-0.05, 0) is 43.7 Å². The maximum atomic E-state index is 13.9. The minimum absolute atomic E-state index is 0.278. The zero-order valence-electron chi connectivity index (χ0n) is 16.6. The Kier molecular flexibility index (Phi) is 4.04. The highest BCUT2D eigenvalue weighted by molar-refractivity contribution is 5.89. The van der Waals surface area contributed by atoms with E-state index in [2.05, 4.69) is 26.0 Å². The molecule has 4 heterocycles. The second-order valence-electron chi connectivity index (χ2n) is 7.56. The lowest BCUT2D eigenvalue weighted by atomic mass is 10.0. The van der Waals surface area contributed by atoms with Crippen molar-refractivity contribution < 1.29 is 4.39 Å². The molecular formula is C22H21FN6. The maximum Gasteiger partial charge on any atom is 0.140 e. The monoisotopic (exact) mass is 388 g/mol. The molecular weight excluding hydrogens is 367 g/mol. The van der Waals surface area contributed by atoms with Crippen LogP contribution in [-0.2, 0) is 20.0 Å². The lowest BCUT2D eigenvalue weighted by Gasteiger charge is -2.30. The highest BCUT2D eigenvalue weighted by Crippen LogP contribution is 2.31. The van der Waals surface area contributed by atoms with E-state index in [1.54, 1.807) is 6.07 Å². The minimum Gasteiger partial charge on any atom is -0.351 e. The van der Waals surface area contributed by atoms with Crippen LogP contribution < -0.4 is 4.90 Å². The molecule has 0 bridgehead atoms. The number of hydrogen-bond donors (Lipinski definition) is 0. The Morgan fingerprint density at radius 3 is 2.76 bits per heavy atom. The molecule has 0 saturated carbocycles. The molecule has 1 aliphatic heterocycles. The third-order valence-electron chi connectivity index (χ3n) is 5.41. The summed E-state index contributed by atoms with van der Waals surface area (Å²) in [7, 11) is 1.92. The van der Waals surface area contributed by atoms with Gasteiger partial charge in [-0.15, -0.1) is 0 Å².